The Balaban J connectivity index is 1.51. The van der Waals surface area contributed by atoms with Gasteiger partial charge in [-0.25, -0.2) is 5.43 Å². The highest BCUT2D eigenvalue weighted by Gasteiger charge is 2.06. The summed E-state index contributed by atoms with van der Waals surface area (Å²) in [6, 6.07) is 22.1. The van der Waals surface area contributed by atoms with Gasteiger partial charge in [-0.3, -0.25) is 9.59 Å². The van der Waals surface area contributed by atoms with Crippen LogP contribution in [0.5, 0.6) is 11.5 Å². The zero-order valence-electron chi connectivity index (χ0n) is 16.3. The molecule has 3 N–H and O–H groups in total. The molecule has 2 amide bonds. The highest BCUT2D eigenvalue weighted by atomic mass is 16.5. The van der Waals surface area contributed by atoms with Gasteiger partial charge in [0, 0.05) is 11.3 Å². The van der Waals surface area contributed by atoms with Crippen LogP contribution in [0.1, 0.15) is 22.8 Å². The van der Waals surface area contributed by atoms with E-state index in [1.165, 1.54) is 24.3 Å². The highest BCUT2D eigenvalue weighted by Crippen LogP contribution is 2.14. The number of carbonyl (C=O) groups is 2. The highest BCUT2D eigenvalue weighted by molar-refractivity contribution is 6.01. The lowest BCUT2D eigenvalue weighted by Crippen LogP contribution is -2.20. The van der Waals surface area contributed by atoms with Crippen molar-refractivity contribution >= 4 is 23.2 Å². The molecule has 0 fully saturated rings. The smallest absolute Gasteiger partial charge is 0.271 e. The number of nitrogens with zero attached hydrogens (tertiary/aromatic N) is 1. The summed E-state index contributed by atoms with van der Waals surface area (Å²) in [5.74, 6) is 0.00710. The summed E-state index contributed by atoms with van der Waals surface area (Å²) in [5.41, 5.74) is 4.98. The van der Waals surface area contributed by atoms with Crippen LogP contribution in [0.15, 0.2) is 84.0 Å². The molecule has 0 heterocycles. The first kappa shape index (κ1) is 20.6. The predicted octanol–water partition coefficient (Wildman–Crippen LogP) is 3.56. The average molecular weight is 403 g/mol. The van der Waals surface area contributed by atoms with Crippen molar-refractivity contribution in [2.45, 2.75) is 6.92 Å². The van der Waals surface area contributed by atoms with Crippen LogP contribution in [0, 0.1) is 0 Å². The number of carbonyl (C=O) groups excluding carboxylic acids is 2. The number of anilines is 1. The van der Waals surface area contributed by atoms with Crippen molar-refractivity contribution in [2.75, 3.05) is 11.9 Å². The van der Waals surface area contributed by atoms with Crippen molar-refractivity contribution in [3.8, 4) is 11.5 Å². The van der Waals surface area contributed by atoms with Gasteiger partial charge in [-0.1, -0.05) is 18.2 Å². The number of nitrogens with one attached hydrogen (secondary N) is 2. The number of hydrogen-bond donors (Lipinski definition) is 3. The molecule has 0 atom stereocenters. The Labute approximate surface area is 174 Å². The third kappa shape index (κ3) is 5.93. The van der Waals surface area contributed by atoms with E-state index in [9.17, 15) is 14.7 Å². The maximum Gasteiger partial charge on any atom is 0.271 e. The molecule has 0 saturated heterocycles. The molecule has 7 nitrogen and oxygen atoms in total. The molecular formula is C23H21N3O4. The molecule has 3 aromatic carbocycles. The summed E-state index contributed by atoms with van der Waals surface area (Å²) in [5, 5.41) is 16.1. The second kappa shape index (κ2) is 9.88. The molecule has 30 heavy (non-hydrogen) atoms. The second-order valence-electron chi connectivity index (χ2n) is 6.41. The number of phenols is 1. The average Bonchev–Trinajstić information content (AvgIpc) is 2.77. The lowest BCUT2D eigenvalue weighted by Gasteiger charge is -2.08. The molecule has 0 aromatic heterocycles. The van der Waals surface area contributed by atoms with Crippen LogP contribution < -0.4 is 15.5 Å². The molecule has 3 aromatic rings. The zero-order chi connectivity index (χ0) is 21.3. The maximum atomic E-state index is 12.1. The molecule has 0 aliphatic rings. The Morgan fingerprint density at radius 1 is 0.900 bits per heavy atom. The van der Waals surface area contributed by atoms with E-state index >= 15 is 0 Å². The Hall–Kier alpha value is -4.13. The van der Waals surface area contributed by atoms with Crippen LogP contribution >= 0.6 is 0 Å². The number of hydrazone groups is 1. The fourth-order valence-electron chi connectivity index (χ4n) is 2.54. The number of phenolic OH excluding ortho intramolecular Hbond substituents is 1. The minimum absolute atomic E-state index is 0.0890. The molecule has 0 radical (unpaired) electrons. The normalized spacial score (nSPS) is 10.9. The van der Waals surface area contributed by atoms with E-state index in [1.807, 2.05) is 18.2 Å². The number of aromatic hydroxyl groups is 1. The van der Waals surface area contributed by atoms with Gasteiger partial charge in [0.15, 0.2) is 6.61 Å². The van der Waals surface area contributed by atoms with Crippen LogP contribution in [0.25, 0.3) is 0 Å². The number of rotatable bonds is 7. The Morgan fingerprint density at radius 2 is 1.53 bits per heavy atom. The van der Waals surface area contributed by atoms with Crippen molar-refractivity contribution in [1.29, 1.82) is 0 Å². The summed E-state index contributed by atoms with van der Waals surface area (Å²) in [6.45, 7) is 1.66. The molecule has 0 bridgehead atoms. The van der Waals surface area contributed by atoms with E-state index in [1.54, 1.807) is 43.3 Å². The van der Waals surface area contributed by atoms with Gasteiger partial charge in [-0.05, 0) is 73.2 Å². The van der Waals surface area contributed by atoms with Gasteiger partial charge in [-0.2, -0.15) is 5.10 Å². The topological polar surface area (TPSA) is 100 Å². The molecule has 0 aliphatic heterocycles. The molecule has 0 spiro atoms. The van der Waals surface area contributed by atoms with Crippen LogP contribution in [-0.2, 0) is 4.79 Å². The summed E-state index contributed by atoms with van der Waals surface area (Å²) in [6.07, 6.45) is 0. The third-order valence-corrected chi connectivity index (χ3v) is 4.15. The van der Waals surface area contributed by atoms with Gasteiger partial charge in [0.2, 0.25) is 0 Å². The van der Waals surface area contributed by atoms with Crippen LogP contribution in [0.2, 0.25) is 0 Å². The minimum atomic E-state index is -0.376. The summed E-state index contributed by atoms with van der Waals surface area (Å²) in [7, 11) is 0. The third-order valence-electron chi connectivity index (χ3n) is 4.15. The van der Waals surface area contributed by atoms with E-state index in [2.05, 4.69) is 15.8 Å². The molecule has 0 unspecified atom stereocenters. The minimum Gasteiger partial charge on any atom is -0.508 e. The number of benzene rings is 3. The lowest BCUT2D eigenvalue weighted by atomic mass is 10.1. The predicted molar refractivity (Wildman–Crippen MR) is 115 cm³/mol. The van der Waals surface area contributed by atoms with E-state index in [-0.39, 0.29) is 24.2 Å². The van der Waals surface area contributed by atoms with Gasteiger partial charge in [0.05, 0.1) is 5.71 Å². The largest absolute Gasteiger partial charge is 0.508 e. The first-order chi connectivity index (χ1) is 14.5. The van der Waals surface area contributed by atoms with Gasteiger partial charge in [0.1, 0.15) is 11.5 Å². The quantitative estimate of drug-likeness (QED) is 0.415. The van der Waals surface area contributed by atoms with Gasteiger partial charge >= 0.3 is 0 Å². The standard InChI is InChI=1S/C23H21N3O4/c1-16(25-26-23(29)18-7-11-20(27)12-8-18)17-9-13-21(14-10-17)30-15-22(28)24-19-5-3-2-4-6-19/h2-14,27H,15H2,1H3,(H,24,28)(H,26,29)/b25-16-. The molecule has 0 saturated carbocycles. The van der Waals surface area contributed by atoms with E-state index < -0.39 is 0 Å². The maximum absolute atomic E-state index is 12.1. The molecule has 152 valence electrons. The zero-order valence-corrected chi connectivity index (χ0v) is 16.3. The molecule has 3 rings (SSSR count). The van der Waals surface area contributed by atoms with Gasteiger partial charge < -0.3 is 15.2 Å². The van der Waals surface area contributed by atoms with Crippen LogP contribution in [-0.4, -0.2) is 29.2 Å². The van der Waals surface area contributed by atoms with E-state index in [4.69, 9.17) is 4.74 Å². The second-order valence-corrected chi connectivity index (χ2v) is 6.41. The fraction of sp³-hybridized carbons (Fsp3) is 0.0870. The SMILES string of the molecule is C/C(=N/NC(=O)c1ccc(O)cc1)c1ccc(OCC(=O)Nc2ccccc2)cc1. The molecule has 7 heteroatoms. The van der Waals surface area contributed by atoms with Crippen molar-refractivity contribution in [3.63, 3.8) is 0 Å². The summed E-state index contributed by atoms with van der Waals surface area (Å²) in [4.78, 5) is 24.0. The monoisotopic (exact) mass is 403 g/mol. The number of para-hydroxylation sites is 1. The van der Waals surface area contributed by atoms with Crippen molar-refractivity contribution in [2.24, 2.45) is 5.10 Å². The summed E-state index contributed by atoms with van der Waals surface area (Å²) >= 11 is 0. The van der Waals surface area contributed by atoms with Crippen LogP contribution in [0.3, 0.4) is 0 Å². The number of amides is 2. The number of ether oxygens (including phenoxy) is 1. The van der Waals surface area contributed by atoms with Crippen molar-refractivity contribution < 1.29 is 19.4 Å². The first-order valence-electron chi connectivity index (χ1n) is 9.23. The lowest BCUT2D eigenvalue weighted by molar-refractivity contribution is -0.118. The molecular weight excluding hydrogens is 382 g/mol. The Kier molecular flexibility index (Phi) is 6.78. The van der Waals surface area contributed by atoms with E-state index in [0.717, 1.165) is 5.56 Å². The van der Waals surface area contributed by atoms with E-state index in [0.29, 0.717) is 22.7 Å². The van der Waals surface area contributed by atoms with Crippen molar-refractivity contribution in [3.05, 3.63) is 90.0 Å². The molecule has 0 aliphatic carbocycles. The summed E-state index contributed by atoms with van der Waals surface area (Å²) < 4.78 is 5.50. The first-order valence-corrected chi connectivity index (χ1v) is 9.23. The van der Waals surface area contributed by atoms with Gasteiger partial charge in [-0.15, -0.1) is 0 Å². The van der Waals surface area contributed by atoms with Gasteiger partial charge in [0.25, 0.3) is 11.8 Å². The van der Waals surface area contributed by atoms with Crippen molar-refractivity contribution in [1.82, 2.24) is 5.43 Å². The Bertz CT molecular complexity index is 1030. The Morgan fingerprint density at radius 3 is 2.20 bits per heavy atom. The number of hydrogen-bond acceptors (Lipinski definition) is 5. The fourth-order valence-corrected chi connectivity index (χ4v) is 2.54. The van der Waals surface area contributed by atoms with Crippen LogP contribution in [0.4, 0.5) is 5.69 Å².